The zero-order valence-electron chi connectivity index (χ0n) is 17.2. The molecule has 2 saturated heterocycles. The SMILES string of the molecule is CN1CCC2(CCN(c3ccc4c(c3)CCCc3c-4[nH]c(=O)c(C(=O)O)c3O)C2)C1. The monoisotopic (exact) mass is 409 g/mol. The van der Waals surface area contributed by atoms with E-state index >= 15 is 0 Å². The van der Waals surface area contributed by atoms with Crippen molar-refractivity contribution in [2.75, 3.05) is 38.1 Å². The van der Waals surface area contributed by atoms with Crippen molar-refractivity contribution >= 4 is 11.7 Å². The van der Waals surface area contributed by atoms with Crippen LogP contribution in [0, 0.1) is 5.41 Å². The molecule has 30 heavy (non-hydrogen) atoms. The number of rotatable bonds is 2. The summed E-state index contributed by atoms with van der Waals surface area (Å²) < 4.78 is 0. The van der Waals surface area contributed by atoms with Gasteiger partial charge < -0.3 is 25.0 Å². The number of aromatic hydroxyl groups is 1. The van der Waals surface area contributed by atoms with Crippen LogP contribution < -0.4 is 10.5 Å². The number of aromatic carboxylic acids is 1. The van der Waals surface area contributed by atoms with Crippen molar-refractivity contribution in [3.8, 4) is 17.0 Å². The summed E-state index contributed by atoms with van der Waals surface area (Å²) in [7, 11) is 2.20. The minimum Gasteiger partial charge on any atom is -0.506 e. The van der Waals surface area contributed by atoms with Crippen LogP contribution >= 0.6 is 0 Å². The van der Waals surface area contributed by atoms with Crippen molar-refractivity contribution in [3.63, 3.8) is 0 Å². The molecule has 0 radical (unpaired) electrons. The van der Waals surface area contributed by atoms with E-state index in [1.807, 2.05) is 6.07 Å². The molecule has 1 aliphatic carbocycles. The molecule has 158 valence electrons. The molecule has 3 heterocycles. The van der Waals surface area contributed by atoms with Gasteiger partial charge in [0.15, 0.2) is 5.56 Å². The van der Waals surface area contributed by atoms with Gasteiger partial charge in [-0.2, -0.15) is 0 Å². The normalized spacial score (nSPS) is 23.4. The number of carboxylic acids is 1. The molecule has 3 N–H and O–H groups in total. The first-order chi connectivity index (χ1) is 14.4. The number of anilines is 1. The number of aromatic nitrogens is 1. The minimum atomic E-state index is -1.41. The molecule has 1 aromatic carbocycles. The number of likely N-dealkylation sites (tertiary alicyclic amines) is 1. The third kappa shape index (κ3) is 2.99. The molecule has 0 amide bonds. The van der Waals surface area contributed by atoms with Gasteiger partial charge in [0.1, 0.15) is 5.75 Å². The van der Waals surface area contributed by atoms with Crippen LogP contribution in [-0.4, -0.2) is 59.3 Å². The molecular formula is C23H27N3O4. The number of hydrogen-bond donors (Lipinski definition) is 3. The van der Waals surface area contributed by atoms with Crippen molar-refractivity contribution in [2.24, 2.45) is 5.41 Å². The Morgan fingerprint density at radius 2 is 1.97 bits per heavy atom. The maximum Gasteiger partial charge on any atom is 0.345 e. The lowest BCUT2D eigenvalue weighted by atomic mass is 9.86. The fourth-order valence-corrected chi connectivity index (χ4v) is 5.63. The van der Waals surface area contributed by atoms with Crippen LogP contribution in [0.5, 0.6) is 5.75 Å². The van der Waals surface area contributed by atoms with E-state index in [4.69, 9.17) is 0 Å². The van der Waals surface area contributed by atoms with Crippen LogP contribution in [0.1, 0.15) is 40.7 Å². The molecule has 1 aromatic heterocycles. The van der Waals surface area contributed by atoms with E-state index in [9.17, 15) is 19.8 Å². The van der Waals surface area contributed by atoms with Gasteiger partial charge in [0.2, 0.25) is 0 Å². The highest BCUT2D eigenvalue weighted by Gasteiger charge is 2.42. The molecule has 0 bridgehead atoms. The molecule has 2 aliphatic heterocycles. The van der Waals surface area contributed by atoms with Gasteiger partial charge in [-0.3, -0.25) is 4.79 Å². The Morgan fingerprint density at radius 1 is 1.17 bits per heavy atom. The summed E-state index contributed by atoms with van der Waals surface area (Å²) in [5.74, 6) is -1.80. The smallest absolute Gasteiger partial charge is 0.345 e. The van der Waals surface area contributed by atoms with Gasteiger partial charge in [0.25, 0.3) is 5.56 Å². The lowest BCUT2D eigenvalue weighted by Crippen LogP contribution is -2.29. The molecule has 3 aliphatic rings. The van der Waals surface area contributed by atoms with Crippen LogP contribution in [0.25, 0.3) is 11.3 Å². The first-order valence-corrected chi connectivity index (χ1v) is 10.7. The largest absolute Gasteiger partial charge is 0.506 e. The van der Waals surface area contributed by atoms with E-state index in [1.54, 1.807) is 0 Å². The fourth-order valence-electron chi connectivity index (χ4n) is 5.63. The van der Waals surface area contributed by atoms with Gasteiger partial charge in [-0.15, -0.1) is 0 Å². The number of carboxylic acid groups (broad SMARTS) is 1. The molecule has 0 saturated carbocycles. The van der Waals surface area contributed by atoms with Gasteiger partial charge in [-0.05, 0) is 63.4 Å². The van der Waals surface area contributed by atoms with Crippen LogP contribution in [0.15, 0.2) is 23.0 Å². The molecule has 7 nitrogen and oxygen atoms in total. The second-order valence-corrected chi connectivity index (χ2v) is 9.19. The predicted molar refractivity (Wildman–Crippen MR) is 115 cm³/mol. The first-order valence-electron chi connectivity index (χ1n) is 10.7. The molecule has 2 aromatic rings. The first kappa shape index (κ1) is 19.2. The van der Waals surface area contributed by atoms with E-state index < -0.39 is 22.8 Å². The number of aryl methyl sites for hydroxylation is 1. The molecule has 2 fully saturated rings. The summed E-state index contributed by atoms with van der Waals surface area (Å²) in [6, 6.07) is 6.31. The lowest BCUT2D eigenvalue weighted by Gasteiger charge is -2.25. The zero-order valence-corrected chi connectivity index (χ0v) is 17.2. The third-order valence-electron chi connectivity index (χ3n) is 7.17. The number of H-pyrrole nitrogens is 1. The van der Waals surface area contributed by atoms with Gasteiger partial charge in [-0.1, -0.05) is 6.07 Å². The minimum absolute atomic E-state index is 0.398. The van der Waals surface area contributed by atoms with Crippen molar-refractivity contribution in [1.82, 2.24) is 9.88 Å². The predicted octanol–water partition coefficient (Wildman–Crippen LogP) is 2.47. The van der Waals surface area contributed by atoms with Crippen molar-refractivity contribution < 1.29 is 15.0 Å². The van der Waals surface area contributed by atoms with E-state index in [1.165, 1.54) is 25.1 Å². The van der Waals surface area contributed by atoms with E-state index in [0.717, 1.165) is 43.6 Å². The van der Waals surface area contributed by atoms with Gasteiger partial charge >= 0.3 is 5.97 Å². The standard InChI is InChI=1S/C23H27N3O4/c1-25-9-7-23(12-25)8-10-26(13-23)15-5-6-16-14(11-15)3-2-4-17-19(16)24-21(28)18(20(17)27)22(29)30/h5-6,11H,2-4,7-10,12-13H2,1H3,(H,29,30)(H2,24,27,28). The number of aromatic amines is 1. The summed E-state index contributed by atoms with van der Waals surface area (Å²) in [6.45, 7) is 4.47. The molecule has 1 unspecified atom stereocenters. The number of nitrogens with zero attached hydrogens (tertiary/aromatic N) is 2. The topological polar surface area (TPSA) is 96.9 Å². The summed E-state index contributed by atoms with van der Waals surface area (Å²) in [6.07, 6.45) is 4.61. The van der Waals surface area contributed by atoms with Crippen LogP contribution in [0.3, 0.4) is 0 Å². The molecular weight excluding hydrogens is 382 g/mol. The number of benzene rings is 1. The number of nitrogens with one attached hydrogen (secondary N) is 1. The summed E-state index contributed by atoms with van der Waals surface area (Å²) in [5.41, 5.74) is 3.36. The van der Waals surface area contributed by atoms with Crippen LogP contribution in [0.2, 0.25) is 0 Å². The van der Waals surface area contributed by atoms with E-state index in [-0.39, 0.29) is 0 Å². The highest BCUT2D eigenvalue weighted by molar-refractivity contribution is 5.92. The highest BCUT2D eigenvalue weighted by atomic mass is 16.4. The van der Waals surface area contributed by atoms with Crippen molar-refractivity contribution in [1.29, 1.82) is 0 Å². The van der Waals surface area contributed by atoms with Crippen molar-refractivity contribution in [3.05, 3.63) is 45.2 Å². The Morgan fingerprint density at radius 3 is 2.70 bits per heavy atom. The molecule has 7 heteroatoms. The number of hydrogen-bond acceptors (Lipinski definition) is 5. The van der Waals surface area contributed by atoms with Crippen molar-refractivity contribution in [2.45, 2.75) is 32.1 Å². The number of fused-ring (bicyclic) bond motifs is 3. The van der Waals surface area contributed by atoms with Crippen LogP contribution in [-0.2, 0) is 12.8 Å². The fraction of sp³-hybridized carbons (Fsp3) is 0.478. The summed E-state index contributed by atoms with van der Waals surface area (Å²) >= 11 is 0. The Hall–Kier alpha value is -2.80. The number of carbonyl (C=O) groups is 1. The summed E-state index contributed by atoms with van der Waals surface area (Å²) in [4.78, 5) is 31.3. The quantitative estimate of drug-likeness (QED) is 0.705. The maximum absolute atomic E-state index is 12.3. The lowest BCUT2D eigenvalue weighted by molar-refractivity contribution is 0.0691. The van der Waals surface area contributed by atoms with Gasteiger partial charge in [0.05, 0.1) is 5.69 Å². The summed E-state index contributed by atoms with van der Waals surface area (Å²) in [5, 5.41) is 19.8. The Bertz CT molecular complexity index is 1090. The second kappa shape index (κ2) is 6.87. The Balaban J connectivity index is 1.51. The highest BCUT2D eigenvalue weighted by Crippen LogP contribution is 2.42. The number of pyridine rings is 1. The van der Waals surface area contributed by atoms with E-state index in [0.29, 0.717) is 23.1 Å². The second-order valence-electron chi connectivity index (χ2n) is 9.19. The Kier molecular flexibility index (Phi) is 4.39. The Labute approximate surface area is 175 Å². The van der Waals surface area contributed by atoms with Gasteiger partial charge in [0, 0.05) is 41.9 Å². The average molecular weight is 409 g/mol. The zero-order chi connectivity index (χ0) is 21.0. The van der Waals surface area contributed by atoms with Crippen LogP contribution in [0.4, 0.5) is 5.69 Å². The third-order valence-corrected chi connectivity index (χ3v) is 7.17. The molecule has 1 atom stereocenters. The maximum atomic E-state index is 12.3. The average Bonchev–Trinajstić information content (AvgIpc) is 3.23. The van der Waals surface area contributed by atoms with Gasteiger partial charge in [-0.25, -0.2) is 4.79 Å². The van der Waals surface area contributed by atoms with E-state index in [2.05, 4.69) is 34.0 Å². The molecule has 1 spiro atoms. The molecule has 5 rings (SSSR count).